The van der Waals surface area contributed by atoms with Crippen LogP contribution in [0, 0.1) is 6.92 Å². The molecule has 5 nitrogen and oxygen atoms in total. The summed E-state index contributed by atoms with van der Waals surface area (Å²) in [5.41, 5.74) is 5.96. The maximum atomic E-state index is 4.67. The molecule has 1 aromatic carbocycles. The molecule has 0 saturated carbocycles. The maximum Gasteiger partial charge on any atom is 0.125 e. The predicted octanol–water partition coefficient (Wildman–Crippen LogP) is 2.74. The third-order valence-corrected chi connectivity index (χ3v) is 4.48. The molecule has 24 heavy (non-hydrogen) atoms. The van der Waals surface area contributed by atoms with E-state index < -0.39 is 0 Å². The van der Waals surface area contributed by atoms with Crippen molar-refractivity contribution in [2.45, 2.75) is 26.4 Å². The molecule has 0 N–H and O–H groups in total. The Hall–Kier alpha value is -2.53. The monoisotopic (exact) mass is 319 g/mol. The summed E-state index contributed by atoms with van der Waals surface area (Å²) in [6.45, 7) is 4.77. The Bertz CT molecular complexity index is 853. The third-order valence-electron chi connectivity index (χ3n) is 4.48. The van der Waals surface area contributed by atoms with Crippen molar-refractivity contribution in [1.29, 1.82) is 0 Å². The quantitative estimate of drug-likeness (QED) is 0.745. The van der Waals surface area contributed by atoms with Gasteiger partial charge in [0.25, 0.3) is 0 Å². The van der Waals surface area contributed by atoms with Gasteiger partial charge in [0.05, 0.1) is 5.69 Å². The minimum Gasteiger partial charge on any atom is -0.294 e. The minimum atomic E-state index is 0.862. The van der Waals surface area contributed by atoms with Crippen LogP contribution in [-0.4, -0.2) is 31.2 Å². The molecule has 5 heteroatoms. The van der Waals surface area contributed by atoms with Crippen molar-refractivity contribution in [3.8, 4) is 11.3 Å². The molecule has 0 atom stereocenters. The summed E-state index contributed by atoms with van der Waals surface area (Å²) in [6, 6.07) is 10.4. The Labute approximate surface area is 142 Å². The van der Waals surface area contributed by atoms with Crippen molar-refractivity contribution >= 4 is 0 Å². The highest BCUT2D eigenvalue weighted by molar-refractivity contribution is 5.62. The minimum absolute atomic E-state index is 0.862. The molecular formula is C19H21N5. The molecule has 2 aromatic heterocycles. The Morgan fingerprint density at radius 1 is 1.17 bits per heavy atom. The van der Waals surface area contributed by atoms with E-state index in [1.54, 1.807) is 0 Å². The van der Waals surface area contributed by atoms with Gasteiger partial charge >= 0.3 is 0 Å². The lowest BCUT2D eigenvalue weighted by Crippen LogP contribution is -2.31. The molecule has 1 aliphatic heterocycles. The molecule has 1 aliphatic rings. The van der Waals surface area contributed by atoms with E-state index in [0.29, 0.717) is 0 Å². The molecule has 0 amide bonds. The van der Waals surface area contributed by atoms with Gasteiger partial charge in [-0.05, 0) is 6.92 Å². The first-order valence-corrected chi connectivity index (χ1v) is 8.31. The van der Waals surface area contributed by atoms with E-state index in [1.165, 1.54) is 22.4 Å². The van der Waals surface area contributed by atoms with Crippen LogP contribution in [-0.2, 0) is 26.6 Å². The first-order chi connectivity index (χ1) is 11.7. The van der Waals surface area contributed by atoms with Crippen LogP contribution in [0.25, 0.3) is 11.3 Å². The van der Waals surface area contributed by atoms with Crippen LogP contribution in [0.2, 0.25) is 0 Å². The molecule has 4 rings (SSSR count). The smallest absolute Gasteiger partial charge is 0.125 e. The van der Waals surface area contributed by atoms with Gasteiger partial charge in [0.2, 0.25) is 0 Å². The number of aromatic nitrogens is 4. The van der Waals surface area contributed by atoms with Crippen molar-refractivity contribution < 1.29 is 0 Å². The number of hydrogen-bond acceptors (Lipinski definition) is 4. The lowest BCUT2D eigenvalue weighted by atomic mass is 10.0. The summed E-state index contributed by atoms with van der Waals surface area (Å²) in [5, 5.41) is 4.67. The van der Waals surface area contributed by atoms with Gasteiger partial charge in [-0.25, -0.2) is 9.97 Å². The van der Waals surface area contributed by atoms with Gasteiger partial charge < -0.3 is 0 Å². The van der Waals surface area contributed by atoms with Gasteiger partial charge in [-0.15, -0.1) is 0 Å². The van der Waals surface area contributed by atoms with E-state index in [0.717, 1.165) is 37.6 Å². The molecule has 0 radical (unpaired) electrons. The van der Waals surface area contributed by atoms with Crippen molar-refractivity contribution in [2.24, 2.45) is 7.05 Å². The largest absolute Gasteiger partial charge is 0.294 e. The SMILES string of the molecule is Cc1ncc2c(n1)CCN(Cc1cn(C)nc1-c1ccccc1)C2. The second kappa shape index (κ2) is 6.17. The molecule has 0 saturated heterocycles. The number of benzene rings is 1. The van der Waals surface area contributed by atoms with E-state index in [2.05, 4.69) is 50.4 Å². The first kappa shape index (κ1) is 15.0. The van der Waals surface area contributed by atoms with Crippen molar-refractivity contribution in [2.75, 3.05) is 6.54 Å². The Balaban J connectivity index is 1.58. The Kier molecular flexibility index (Phi) is 3.86. The maximum absolute atomic E-state index is 4.67. The lowest BCUT2D eigenvalue weighted by Gasteiger charge is -2.27. The van der Waals surface area contributed by atoms with Crippen LogP contribution in [0.5, 0.6) is 0 Å². The third kappa shape index (κ3) is 2.95. The lowest BCUT2D eigenvalue weighted by molar-refractivity contribution is 0.243. The summed E-state index contributed by atoms with van der Waals surface area (Å²) >= 11 is 0. The fourth-order valence-corrected chi connectivity index (χ4v) is 3.34. The molecule has 0 unspecified atom stereocenters. The predicted molar refractivity (Wildman–Crippen MR) is 93.2 cm³/mol. The van der Waals surface area contributed by atoms with Gasteiger partial charge in [-0.1, -0.05) is 30.3 Å². The number of aryl methyl sites for hydroxylation is 2. The molecule has 3 aromatic rings. The highest BCUT2D eigenvalue weighted by atomic mass is 15.3. The summed E-state index contributed by atoms with van der Waals surface area (Å²) in [4.78, 5) is 11.4. The molecule has 0 bridgehead atoms. The van der Waals surface area contributed by atoms with Gasteiger partial charge in [0, 0.05) is 67.9 Å². The molecule has 3 heterocycles. The van der Waals surface area contributed by atoms with Crippen molar-refractivity contribution in [3.05, 3.63) is 65.4 Å². The zero-order valence-corrected chi connectivity index (χ0v) is 14.1. The average molecular weight is 319 g/mol. The normalized spacial score (nSPS) is 14.6. The molecule has 0 spiro atoms. The van der Waals surface area contributed by atoms with E-state index in [-0.39, 0.29) is 0 Å². The number of hydrogen-bond donors (Lipinski definition) is 0. The Morgan fingerprint density at radius 3 is 2.83 bits per heavy atom. The van der Waals surface area contributed by atoms with E-state index in [4.69, 9.17) is 0 Å². The molecular weight excluding hydrogens is 298 g/mol. The van der Waals surface area contributed by atoms with E-state index in [1.807, 2.05) is 30.9 Å². The molecule has 0 aliphatic carbocycles. The topological polar surface area (TPSA) is 46.8 Å². The van der Waals surface area contributed by atoms with Crippen molar-refractivity contribution in [1.82, 2.24) is 24.6 Å². The number of fused-ring (bicyclic) bond motifs is 1. The zero-order valence-electron chi connectivity index (χ0n) is 14.1. The summed E-state index contributed by atoms with van der Waals surface area (Å²) in [7, 11) is 1.98. The molecule has 0 fully saturated rings. The summed E-state index contributed by atoms with van der Waals surface area (Å²) < 4.78 is 1.90. The number of nitrogens with zero attached hydrogens (tertiary/aromatic N) is 5. The second-order valence-corrected chi connectivity index (χ2v) is 6.39. The van der Waals surface area contributed by atoms with Crippen LogP contribution < -0.4 is 0 Å². The van der Waals surface area contributed by atoms with Crippen LogP contribution in [0.3, 0.4) is 0 Å². The fourth-order valence-electron chi connectivity index (χ4n) is 3.34. The number of rotatable bonds is 3. The zero-order chi connectivity index (χ0) is 16.5. The van der Waals surface area contributed by atoms with Gasteiger partial charge in [-0.2, -0.15) is 5.10 Å². The van der Waals surface area contributed by atoms with Crippen LogP contribution >= 0.6 is 0 Å². The first-order valence-electron chi connectivity index (χ1n) is 8.31. The highest BCUT2D eigenvalue weighted by Crippen LogP contribution is 2.25. The molecule has 122 valence electrons. The van der Waals surface area contributed by atoms with E-state index >= 15 is 0 Å². The fraction of sp³-hybridized carbons (Fsp3) is 0.316. The van der Waals surface area contributed by atoms with Crippen LogP contribution in [0.15, 0.2) is 42.7 Å². The summed E-state index contributed by atoms with van der Waals surface area (Å²) in [6.07, 6.45) is 5.09. The van der Waals surface area contributed by atoms with Gasteiger partial charge in [0.15, 0.2) is 0 Å². The highest BCUT2D eigenvalue weighted by Gasteiger charge is 2.20. The van der Waals surface area contributed by atoms with Crippen molar-refractivity contribution in [3.63, 3.8) is 0 Å². The average Bonchev–Trinajstić information content (AvgIpc) is 2.96. The second-order valence-electron chi connectivity index (χ2n) is 6.39. The summed E-state index contributed by atoms with van der Waals surface area (Å²) in [5.74, 6) is 0.862. The van der Waals surface area contributed by atoms with Gasteiger partial charge in [-0.3, -0.25) is 9.58 Å². The Morgan fingerprint density at radius 2 is 2.00 bits per heavy atom. The van der Waals surface area contributed by atoms with Crippen LogP contribution in [0.1, 0.15) is 22.6 Å². The van der Waals surface area contributed by atoms with E-state index in [9.17, 15) is 0 Å². The van der Waals surface area contributed by atoms with Crippen LogP contribution in [0.4, 0.5) is 0 Å². The van der Waals surface area contributed by atoms with Gasteiger partial charge in [0.1, 0.15) is 5.82 Å². The standard InChI is InChI=1S/C19H21N5/c1-14-20-10-16-12-24(9-8-18(16)21-14)13-17-11-23(2)22-19(17)15-6-4-3-5-7-15/h3-7,10-11H,8-9,12-13H2,1-2H3.